The number of ether oxygens (including phenoxy) is 2. The molecule has 1 aromatic heterocycles. The second-order valence-electron chi connectivity index (χ2n) is 7.55. The predicted molar refractivity (Wildman–Crippen MR) is 101 cm³/mol. The first-order valence-corrected chi connectivity index (χ1v) is 9.48. The van der Waals surface area contributed by atoms with Gasteiger partial charge in [-0.25, -0.2) is 4.98 Å². The van der Waals surface area contributed by atoms with Crippen molar-refractivity contribution in [3.8, 4) is 17.4 Å². The van der Waals surface area contributed by atoms with E-state index in [1.165, 1.54) is 0 Å². The molecule has 0 amide bonds. The summed E-state index contributed by atoms with van der Waals surface area (Å²) in [6.45, 7) is 1.79. The number of phenols is 1. The van der Waals surface area contributed by atoms with Crippen molar-refractivity contribution in [3.05, 3.63) is 48.2 Å². The number of benzene rings is 1. The summed E-state index contributed by atoms with van der Waals surface area (Å²) in [5, 5.41) is 20.0. The van der Waals surface area contributed by atoms with Gasteiger partial charge in [-0.3, -0.25) is 4.90 Å². The van der Waals surface area contributed by atoms with Crippen LogP contribution in [0.15, 0.2) is 42.6 Å². The number of likely N-dealkylation sites (tertiary alicyclic amines) is 1. The van der Waals surface area contributed by atoms with E-state index in [4.69, 9.17) is 9.47 Å². The van der Waals surface area contributed by atoms with Gasteiger partial charge in [-0.1, -0.05) is 12.1 Å². The molecular formula is C21H26N2O4. The number of rotatable bonds is 6. The number of methoxy groups -OCH3 is 1. The second-order valence-corrected chi connectivity index (χ2v) is 7.55. The third-order valence-electron chi connectivity index (χ3n) is 5.74. The molecule has 1 aliphatic carbocycles. The molecule has 2 aliphatic rings. The first-order chi connectivity index (χ1) is 13.1. The molecule has 6 nitrogen and oxygen atoms in total. The summed E-state index contributed by atoms with van der Waals surface area (Å²) in [5.74, 6) is 2.58. The Morgan fingerprint density at radius 1 is 1.15 bits per heavy atom. The molecule has 0 spiro atoms. The molecule has 1 saturated carbocycles. The molecule has 4 atom stereocenters. The predicted octanol–water partition coefficient (Wildman–Crippen LogP) is 2.45. The van der Waals surface area contributed by atoms with E-state index in [2.05, 4.69) is 9.88 Å². The lowest BCUT2D eigenvalue weighted by atomic mass is 10.0. The second kappa shape index (κ2) is 7.74. The lowest BCUT2D eigenvalue weighted by Crippen LogP contribution is -2.36. The van der Waals surface area contributed by atoms with Gasteiger partial charge in [0.2, 0.25) is 0 Å². The third-order valence-corrected chi connectivity index (χ3v) is 5.74. The molecule has 2 fully saturated rings. The Morgan fingerprint density at radius 2 is 1.85 bits per heavy atom. The Bertz CT molecular complexity index is 753. The maximum Gasteiger partial charge on any atom is 0.256 e. The molecule has 6 heteroatoms. The summed E-state index contributed by atoms with van der Waals surface area (Å²) in [7, 11) is 1.60. The minimum atomic E-state index is -0.488. The number of fused-ring (bicyclic) bond motifs is 1. The fourth-order valence-electron chi connectivity index (χ4n) is 4.39. The van der Waals surface area contributed by atoms with Gasteiger partial charge >= 0.3 is 0 Å². The molecule has 1 aromatic carbocycles. The van der Waals surface area contributed by atoms with E-state index < -0.39 is 6.23 Å². The molecular weight excluding hydrogens is 344 g/mol. The van der Waals surface area contributed by atoms with Crippen LogP contribution in [-0.4, -0.2) is 52.6 Å². The van der Waals surface area contributed by atoms with Crippen molar-refractivity contribution in [2.45, 2.75) is 31.6 Å². The zero-order chi connectivity index (χ0) is 18.8. The number of aromatic nitrogens is 1. The van der Waals surface area contributed by atoms with Crippen molar-refractivity contribution in [2.75, 3.05) is 20.2 Å². The Kier molecular flexibility index (Phi) is 5.18. The third kappa shape index (κ3) is 4.01. The Balaban J connectivity index is 1.31. The van der Waals surface area contributed by atoms with Crippen molar-refractivity contribution in [3.63, 3.8) is 0 Å². The fraction of sp³-hybridized carbons (Fsp3) is 0.476. The van der Waals surface area contributed by atoms with Gasteiger partial charge in [0.25, 0.3) is 5.88 Å². The van der Waals surface area contributed by atoms with Crippen LogP contribution in [0.25, 0.3) is 0 Å². The van der Waals surface area contributed by atoms with Crippen LogP contribution in [0.4, 0.5) is 0 Å². The molecule has 4 rings (SSSR count). The number of nitrogens with zero attached hydrogens (tertiary/aromatic N) is 2. The summed E-state index contributed by atoms with van der Waals surface area (Å²) in [6, 6.07) is 10.8. The van der Waals surface area contributed by atoms with Crippen molar-refractivity contribution < 1.29 is 19.7 Å². The van der Waals surface area contributed by atoms with Crippen molar-refractivity contribution in [1.29, 1.82) is 0 Å². The van der Waals surface area contributed by atoms with Gasteiger partial charge in [0.05, 0.1) is 13.2 Å². The van der Waals surface area contributed by atoms with Gasteiger partial charge in [0, 0.05) is 25.7 Å². The van der Waals surface area contributed by atoms with Crippen molar-refractivity contribution >= 4 is 0 Å². The highest BCUT2D eigenvalue weighted by Gasteiger charge is 2.43. The number of pyridine rings is 1. The molecule has 2 heterocycles. The summed E-state index contributed by atoms with van der Waals surface area (Å²) >= 11 is 0. The summed E-state index contributed by atoms with van der Waals surface area (Å²) in [4.78, 5) is 6.36. The molecule has 2 aromatic rings. The average molecular weight is 370 g/mol. The Hall–Kier alpha value is -2.31. The zero-order valence-corrected chi connectivity index (χ0v) is 15.5. The van der Waals surface area contributed by atoms with Gasteiger partial charge in [-0.2, -0.15) is 0 Å². The quantitative estimate of drug-likeness (QED) is 0.814. The molecule has 0 radical (unpaired) electrons. The number of phenolic OH excluding ortho intramolecular Hbond substituents is 1. The molecule has 1 saturated heterocycles. The fourth-order valence-corrected chi connectivity index (χ4v) is 4.39. The zero-order valence-electron chi connectivity index (χ0n) is 15.5. The SMILES string of the molecule is COc1ncccc1O[C@H]1C[C@@H]2CN(C(O)Cc3ccc(O)cc3)C[C@@H]2C1. The van der Waals surface area contributed by atoms with E-state index in [1.54, 1.807) is 25.4 Å². The lowest BCUT2D eigenvalue weighted by Gasteiger charge is -2.25. The van der Waals surface area contributed by atoms with Crippen LogP contribution < -0.4 is 9.47 Å². The topological polar surface area (TPSA) is 75.1 Å². The van der Waals surface area contributed by atoms with Crippen LogP contribution in [0.1, 0.15) is 18.4 Å². The first kappa shape index (κ1) is 18.1. The Labute approximate surface area is 159 Å². The Morgan fingerprint density at radius 3 is 2.52 bits per heavy atom. The van der Waals surface area contributed by atoms with Gasteiger partial charge < -0.3 is 19.7 Å². The highest BCUT2D eigenvalue weighted by Crippen LogP contribution is 2.41. The monoisotopic (exact) mass is 370 g/mol. The van der Waals surface area contributed by atoms with E-state index in [0.717, 1.165) is 31.5 Å². The van der Waals surface area contributed by atoms with Crippen LogP contribution in [0.3, 0.4) is 0 Å². The van der Waals surface area contributed by atoms with Gasteiger partial charge in [0.1, 0.15) is 12.0 Å². The van der Waals surface area contributed by atoms with E-state index in [-0.39, 0.29) is 11.9 Å². The molecule has 144 valence electrons. The maximum atomic E-state index is 10.6. The summed E-state index contributed by atoms with van der Waals surface area (Å²) in [5.41, 5.74) is 1.03. The van der Waals surface area contributed by atoms with Crippen LogP contribution in [0.5, 0.6) is 17.4 Å². The van der Waals surface area contributed by atoms with Gasteiger partial charge in [0.15, 0.2) is 5.75 Å². The maximum absolute atomic E-state index is 10.6. The van der Waals surface area contributed by atoms with Crippen molar-refractivity contribution in [2.24, 2.45) is 11.8 Å². The van der Waals surface area contributed by atoms with Gasteiger partial charge in [-0.05, 0) is 54.5 Å². The van der Waals surface area contributed by atoms with Crippen LogP contribution in [-0.2, 0) is 6.42 Å². The average Bonchev–Trinajstić information content (AvgIpc) is 3.23. The minimum absolute atomic E-state index is 0.175. The number of hydrogen-bond donors (Lipinski definition) is 2. The van der Waals surface area contributed by atoms with Crippen LogP contribution in [0, 0.1) is 11.8 Å². The number of aliphatic hydroxyl groups excluding tert-OH is 1. The smallest absolute Gasteiger partial charge is 0.256 e. The molecule has 1 aliphatic heterocycles. The highest BCUT2D eigenvalue weighted by atomic mass is 16.5. The molecule has 0 bridgehead atoms. The minimum Gasteiger partial charge on any atom is -0.508 e. The number of aliphatic hydroxyl groups is 1. The highest BCUT2D eigenvalue weighted by molar-refractivity contribution is 5.32. The van der Waals surface area contributed by atoms with Crippen molar-refractivity contribution in [1.82, 2.24) is 9.88 Å². The number of hydrogen-bond acceptors (Lipinski definition) is 6. The number of aromatic hydroxyl groups is 1. The van der Waals surface area contributed by atoms with Gasteiger partial charge in [-0.15, -0.1) is 0 Å². The standard InChI is InChI=1S/C21H26N2O4/c1-26-21-19(3-2-8-22-21)27-18-10-15-12-23(13-16(15)11-18)20(25)9-14-4-6-17(24)7-5-14/h2-8,15-16,18,20,24-25H,9-13H2,1H3/t15-,16+,18+,20?. The lowest BCUT2D eigenvalue weighted by molar-refractivity contribution is 0.0129. The van der Waals surface area contributed by atoms with Crippen LogP contribution in [0.2, 0.25) is 0 Å². The van der Waals surface area contributed by atoms with Crippen LogP contribution >= 0.6 is 0 Å². The van der Waals surface area contributed by atoms with E-state index >= 15 is 0 Å². The molecule has 27 heavy (non-hydrogen) atoms. The van der Waals surface area contributed by atoms with E-state index in [9.17, 15) is 10.2 Å². The first-order valence-electron chi connectivity index (χ1n) is 9.48. The summed E-state index contributed by atoms with van der Waals surface area (Å²) < 4.78 is 11.4. The summed E-state index contributed by atoms with van der Waals surface area (Å²) in [6.07, 6.45) is 3.94. The molecule has 2 N–H and O–H groups in total. The normalized spacial score (nSPS) is 25.9. The van der Waals surface area contributed by atoms with E-state index in [0.29, 0.717) is 29.9 Å². The van der Waals surface area contributed by atoms with E-state index in [1.807, 2.05) is 24.3 Å². The molecule has 1 unspecified atom stereocenters. The largest absolute Gasteiger partial charge is 0.508 e.